The van der Waals surface area contributed by atoms with Gasteiger partial charge in [0.15, 0.2) is 0 Å². The highest BCUT2D eigenvalue weighted by molar-refractivity contribution is 6.06. The molecule has 4 rings (SSSR count). The second-order valence-corrected chi connectivity index (χ2v) is 9.52. The molecule has 216 valence electrons. The van der Waals surface area contributed by atoms with Crippen LogP contribution in [0, 0.1) is 0 Å². The van der Waals surface area contributed by atoms with Gasteiger partial charge in [-0.2, -0.15) is 0 Å². The number of aromatic carboxylic acids is 1. The number of hydrogen-bond donors (Lipinski definition) is 1. The highest BCUT2D eigenvalue weighted by Crippen LogP contribution is 2.42. The maximum Gasteiger partial charge on any atom is 0.337 e. The van der Waals surface area contributed by atoms with Crippen LogP contribution in [0.2, 0.25) is 0 Å². The maximum atomic E-state index is 12.7. The van der Waals surface area contributed by atoms with E-state index < -0.39 is 23.9 Å². The molecule has 1 N–H and O–H groups in total. The van der Waals surface area contributed by atoms with Gasteiger partial charge < -0.3 is 28.6 Å². The highest BCUT2D eigenvalue weighted by Gasteiger charge is 2.29. The SMILES string of the molecule is CCOC(=O)Cn1c(CCCOc2cccc(C(=O)OC)c2)c(C2=C(C(=O)OC)CCC2)c2ccc(C(=O)O)cc21. The summed E-state index contributed by atoms with van der Waals surface area (Å²) < 4.78 is 22.8. The first-order valence-corrected chi connectivity index (χ1v) is 13.4. The average molecular weight is 564 g/mol. The molecule has 41 heavy (non-hydrogen) atoms. The van der Waals surface area contributed by atoms with E-state index in [0.717, 1.165) is 28.6 Å². The van der Waals surface area contributed by atoms with E-state index in [0.29, 0.717) is 54.7 Å². The average Bonchev–Trinajstić information content (AvgIpc) is 3.57. The summed E-state index contributed by atoms with van der Waals surface area (Å²) in [4.78, 5) is 49.1. The molecule has 0 amide bonds. The molecular weight excluding hydrogens is 530 g/mol. The first-order chi connectivity index (χ1) is 19.8. The van der Waals surface area contributed by atoms with Gasteiger partial charge in [-0.3, -0.25) is 4.79 Å². The number of allylic oxidation sites excluding steroid dienone is 1. The van der Waals surface area contributed by atoms with Crippen molar-refractivity contribution in [1.82, 2.24) is 4.57 Å². The zero-order chi connectivity index (χ0) is 29.5. The third-order valence-corrected chi connectivity index (χ3v) is 7.04. The molecule has 0 bridgehead atoms. The van der Waals surface area contributed by atoms with Crippen molar-refractivity contribution < 1.29 is 43.2 Å². The molecule has 0 saturated heterocycles. The number of aromatic nitrogens is 1. The van der Waals surface area contributed by atoms with Crippen LogP contribution >= 0.6 is 0 Å². The van der Waals surface area contributed by atoms with Gasteiger partial charge in [0, 0.05) is 22.2 Å². The molecule has 10 nitrogen and oxygen atoms in total. The first kappa shape index (κ1) is 29.4. The normalized spacial score (nSPS) is 12.9. The maximum absolute atomic E-state index is 12.7. The molecule has 0 unspecified atom stereocenters. The zero-order valence-electron chi connectivity index (χ0n) is 23.4. The van der Waals surface area contributed by atoms with Gasteiger partial charge in [0.05, 0.1) is 44.1 Å². The fourth-order valence-electron chi connectivity index (χ4n) is 5.28. The Morgan fingerprint density at radius 1 is 0.951 bits per heavy atom. The second-order valence-electron chi connectivity index (χ2n) is 9.52. The Kier molecular flexibility index (Phi) is 9.44. The Hall–Kier alpha value is -4.60. The molecule has 3 aromatic rings. The van der Waals surface area contributed by atoms with E-state index >= 15 is 0 Å². The summed E-state index contributed by atoms with van der Waals surface area (Å²) in [6.07, 6.45) is 2.98. The van der Waals surface area contributed by atoms with Crippen molar-refractivity contribution in [3.05, 3.63) is 70.4 Å². The van der Waals surface area contributed by atoms with Crippen LogP contribution < -0.4 is 4.74 Å². The van der Waals surface area contributed by atoms with Gasteiger partial charge >= 0.3 is 23.9 Å². The van der Waals surface area contributed by atoms with E-state index in [2.05, 4.69) is 0 Å². The van der Waals surface area contributed by atoms with E-state index in [-0.39, 0.29) is 18.7 Å². The summed E-state index contributed by atoms with van der Waals surface area (Å²) in [6, 6.07) is 11.5. The lowest BCUT2D eigenvalue weighted by molar-refractivity contribution is -0.143. The number of fused-ring (bicyclic) bond motifs is 1. The van der Waals surface area contributed by atoms with Crippen molar-refractivity contribution in [2.75, 3.05) is 27.4 Å². The smallest absolute Gasteiger partial charge is 0.337 e. The van der Waals surface area contributed by atoms with Gasteiger partial charge in [-0.1, -0.05) is 12.1 Å². The Balaban J connectivity index is 1.76. The number of methoxy groups -OCH3 is 2. The third-order valence-electron chi connectivity index (χ3n) is 7.04. The van der Waals surface area contributed by atoms with Crippen LogP contribution in [0.5, 0.6) is 5.75 Å². The number of carbonyl (C=O) groups excluding carboxylic acids is 3. The lowest BCUT2D eigenvalue weighted by atomic mass is 9.96. The predicted octanol–water partition coefficient (Wildman–Crippen LogP) is 4.81. The van der Waals surface area contributed by atoms with E-state index in [1.165, 1.54) is 20.3 Å². The quantitative estimate of drug-likeness (QED) is 0.187. The molecule has 1 aromatic heterocycles. The van der Waals surface area contributed by atoms with Crippen molar-refractivity contribution in [3.63, 3.8) is 0 Å². The zero-order valence-corrected chi connectivity index (χ0v) is 23.4. The molecule has 0 aliphatic heterocycles. The lowest BCUT2D eigenvalue weighted by Gasteiger charge is -2.14. The fourth-order valence-corrected chi connectivity index (χ4v) is 5.28. The number of hydrogen-bond acceptors (Lipinski definition) is 8. The Bertz CT molecular complexity index is 1520. The van der Waals surface area contributed by atoms with E-state index in [9.17, 15) is 24.3 Å². The Morgan fingerprint density at radius 3 is 2.44 bits per heavy atom. The standard InChI is InChI=1S/C31H33NO9/c1-4-40-27(33)18-32-25(12-7-15-41-21-9-5-8-20(16-21)30(36)38-2)28(22-10-6-11-23(22)31(37)39-3)24-14-13-19(29(34)35)17-26(24)32/h5,8-9,13-14,16-17H,4,6-7,10-12,15,18H2,1-3H3,(H,34,35). The van der Waals surface area contributed by atoms with Gasteiger partial charge in [0.2, 0.25) is 0 Å². The number of esters is 3. The van der Waals surface area contributed by atoms with Crippen LogP contribution in [0.4, 0.5) is 0 Å². The van der Waals surface area contributed by atoms with Gasteiger partial charge in [0.25, 0.3) is 0 Å². The second kappa shape index (κ2) is 13.2. The summed E-state index contributed by atoms with van der Waals surface area (Å²) in [6.45, 7) is 2.11. The highest BCUT2D eigenvalue weighted by atomic mass is 16.5. The molecule has 1 heterocycles. The molecule has 0 atom stereocenters. The molecule has 0 fully saturated rings. The predicted molar refractivity (Wildman–Crippen MR) is 150 cm³/mol. The van der Waals surface area contributed by atoms with Gasteiger partial charge in [-0.05, 0) is 74.9 Å². The van der Waals surface area contributed by atoms with Gasteiger partial charge in [0.1, 0.15) is 12.3 Å². The summed E-state index contributed by atoms with van der Waals surface area (Å²) in [7, 11) is 2.66. The first-order valence-electron chi connectivity index (χ1n) is 13.4. The number of rotatable bonds is 12. The minimum Gasteiger partial charge on any atom is -0.494 e. The van der Waals surface area contributed by atoms with Gasteiger partial charge in [-0.25, -0.2) is 14.4 Å². The summed E-state index contributed by atoms with van der Waals surface area (Å²) in [5.41, 5.74) is 4.04. The summed E-state index contributed by atoms with van der Waals surface area (Å²) in [5, 5.41) is 10.4. The number of carbonyl (C=O) groups is 4. The van der Waals surface area contributed by atoms with Crippen LogP contribution in [0.1, 0.15) is 64.6 Å². The van der Waals surface area contributed by atoms with Crippen molar-refractivity contribution in [1.29, 1.82) is 0 Å². The minimum atomic E-state index is -1.09. The molecule has 1 aliphatic rings. The number of benzene rings is 2. The van der Waals surface area contributed by atoms with E-state index in [1.54, 1.807) is 47.9 Å². The van der Waals surface area contributed by atoms with Crippen LogP contribution in [0.3, 0.4) is 0 Å². The summed E-state index contributed by atoms with van der Waals surface area (Å²) >= 11 is 0. The van der Waals surface area contributed by atoms with Crippen molar-refractivity contribution in [2.24, 2.45) is 0 Å². The number of nitrogens with zero attached hydrogens (tertiary/aromatic N) is 1. The van der Waals surface area contributed by atoms with Crippen molar-refractivity contribution in [3.8, 4) is 5.75 Å². The topological polar surface area (TPSA) is 130 Å². The fraction of sp³-hybridized carbons (Fsp3) is 0.355. The number of carboxylic acids is 1. The lowest BCUT2D eigenvalue weighted by Crippen LogP contribution is -2.16. The molecular formula is C31H33NO9. The Morgan fingerprint density at radius 2 is 1.73 bits per heavy atom. The van der Waals surface area contributed by atoms with Crippen LogP contribution in [0.25, 0.3) is 16.5 Å². The van der Waals surface area contributed by atoms with Crippen molar-refractivity contribution in [2.45, 2.75) is 45.6 Å². The van der Waals surface area contributed by atoms with Crippen LogP contribution in [-0.4, -0.2) is 61.0 Å². The Labute approximate surface area is 237 Å². The molecule has 0 radical (unpaired) electrons. The van der Waals surface area contributed by atoms with E-state index in [4.69, 9.17) is 18.9 Å². The minimum absolute atomic E-state index is 0.0839. The molecule has 10 heteroatoms. The molecule has 1 aliphatic carbocycles. The van der Waals surface area contributed by atoms with E-state index in [1.807, 2.05) is 0 Å². The monoisotopic (exact) mass is 563 g/mol. The van der Waals surface area contributed by atoms with Crippen molar-refractivity contribution >= 4 is 40.4 Å². The largest absolute Gasteiger partial charge is 0.494 e. The van der Waals surface area contributed by atoms with Crippen LogP contribution in [-0.2, 0) is 36.8 Å². The summed E-state index contributed by atoms with van der Waals surface area (Å²) in [5.74, 6) is -1.89. The number of ether oxygens (including phenoxy) is 4. The molecule has 0 saturated carbocycles. The van der Waals surface area contributed by atoms with Crippen LogP contribution in [0.15, 0.2) is 48.0 Å². The molecule has 2 aromatic carbocycles. The van der Waals surface area contributed by atoms with Gasteiger partial charge in [-0.15, -0.1) is 0 Å². The molecule has 0 spiro atoms. The number of carboxylic acid groups (broad SMARTS) is 1. The third kappa shape index (κ3) is 6.42.